The molecule has 15 heavy (non-hydrogen) atoms. The van der Waals surface area contributed by atoms with Crippen LogP contribution in [0.3, 0.4) is 0 Å². The lowest BCUT2D eigenvalue weighted by Gasteiger charge is -2.03. The molecular formula is C9H14F2N2O2. The third-order valence-corrected chi connectivity index (χ3v) is 1.26. The number of rotatable bonds is 5. The van der Waals surface area contributed by atoms with Gasteiger partial charge in [0.05, 0.1) is 13.0 Å². The van der Waals surface area contributed by atoms with Crippen LogP contribution in [-0.4, -0.2) is 30.4 Å². The van der Waals surface area contributed by atoms with Gasteiger partial charge in [-0.15, -0.1) is 0 Å². The lowest BCUT2D eigenvalue weighted by molar-refractivity contribution is -0.141. The van der Waals surface area contributed by atoms with Gasteiger partial charge in [-0.05, 0) is 20.8 Å². The minimum atomic E-state index is -2.79. The molecule has 0 N–H and O–H groups in total. The van der Waals surface area contributed by atoms with E-state index in [9.17, 15) is 13.6 Å². The summed E-state index contributed by atoms with van der Waals surface area (Å²) in [4.78, 5) is 10.9. The third-order valence-electron chi connectivity index (χ3n) is 1.26. The maximum absolute atomic E-state index is 12.3. The van der Waals surface area contributed by atoms with Gasteiger partial charge in [0.15, 0.2) is 0 Å². The zero-order chi connectivity index (χ0) is 11.8. The van der Waals surface area contributed by atoms with Crippen LogP contribution in [-0.2, 0) is 9.53 Å². The quantitative estimate of drug-likeness (QED) is 0.404. The molecule has 0 aliphatic rings. The SMILES string of the molecule is CCOC(=O)C/C(=N\N=C(C)C)C(F)F. The number of alkyl halides is 2. The predicted octanol–water partition coefficient (Wildman–Crippen LogP) is 2.04. The number of carbonyl (C=O) groups is 1. The summed E-state index contributed by atoms with van der Waals surface area (Å²) in [6, 6.07) is 0. The molecule has 86 valence electrons. The normalized spacial score (nSPS) is 11.5. The molecule has 0 spiro atoms. The van der Waals surface area contributed by atoms with Crippen LogP contribution in [0.4, 0.5) is 8.78 Å². The van der Waals surface area contributed by atoms with Crippen molar-refractivity contribution in [2.75, 3.05) is 6.61 Å². The summed E-state index contributed by atoms with van der Waals surface area (Å²) in [5.41, 5.74) is -0.0355. The Morgan fingerprint density at radius 2 is 1.93 bits per heavy atom. The largest absolute Gasteiger partial charge is 0.466 e. The minimum absolute atomic E-state index is 0.158. The summed E-state index contributed by atoms with van der Waals surface area (Å²) >= 11 is 0. The maximum atomic E-state index is 12.3. The Labute approximate surface area is 87.0 Å². The van der Waals surface area contributed by atoms with Crippen molar-refractivity contribution < 1.29 is 18.3 Å². The van der Waals surface area contributed by atoms with Gasteiger partial charge in [-0.3, -0.25) is 4.79 Å². The number of hydrogen-bond donors (Lipinski definition) is 0. The van der Waals surface area contributed by atoms with Crippen LogP contribution in [0.25, 0.3) is 0 Å². The minimum Gasteiger partial charge on any atom is -0.466 e. The monoisotopic (exact) mass is 220 g/mol. The second-order valence-electron chi connectivity index (χ2n) is 2.92. The standard InChI is InChI=1S/C9H14F2N2O2/c1-4-15-8(14)5-7(9(10)11)13-12-6(2)3/h9H,4-5H2,1-3H3/b13-7+. The molecule has 0 saturated carbocycles. The topological polar surface area (TPSA) is 51.0 Å². The zero-order valence-electron chi connectivity index (χ0n) is 8.96. The fourth-order valence-electron chi connectivity index (χ4n) is 0.680. The molecule has 0 heterocycles. The van der Waals surface area contributed by atoms with E-state index in [2.05, 4.69) is 14.9 Å². The second-order valence-corrected chi connectivity index (χ2v) is 2.92. The summed E-state index contributed by atoms with van der Waals surface area (Å²) < 4.78 is 29.2. The van der Waals surface area contributed by atoms with Gasteiger partial charge in [-0.25, -0.2) is 8.78 Å². The molecule has 0 aromatic carbocycles. The molecule has 0 radical (unpaired) electrons. The molecule has 6 heteroatoms. The van der Waals surface area contributed by atoms with E-state index in [1.165, 1.54) is 0 Å². The van der Waals surface area contributed by atoms with Gasteiger partial charge < -0.3 is 4.74 Å². The van der Waals surface area contributed by atoms with Crippen molar-refractivity contribution in [3.05, 3.63) is 0 Å². The smallest absolute Gasteiger partial charge is 0.311 e. The van der Waals surface area contributed by atoms with Gasteiger partial charge in [-0.1, -0.05) is 0 Å². The van der Waals surface area contributed by atoms with Crippen molar-refractivity contribution in [3.63, 3.8) is 0 Å². The van der Waals surface area contributed by atoms with Gasteiger partial charge in [0.2, 0.25) is 0 Å². The number of esters is 1. The van der Waals surface area contributed by atoms with Gasteiger partial charge in [0.1, 0.15) is 5.71 Å². The first-order valence-electron chi connectivity index (χ1n) is 4.48. The van der Waals surface area contributed by atoms with Crippen LogP contribution in [0.15, 0.2) is 10.2 Å². The first kappa shape index (κ1) is 13.7. The molecule has 0 fully saturated rings. The van der Waals surface area contributed by atoms with Crippen LogP contribution in [0, 0.1) is 0 Å². The lowest BCUT2D eigenvalue weighted by atomic mass is 10.3. The molecule has 0 aromatic rings. The number of carbonyl (C=O) groups excluding carboxylic acids is 1. The van der Waals surface area contributed by atoms with Crippen LogP contribution in [0.5, 0.6) is 0 Å². The van der Waals surface area contributed by atoms with Gasteiger partial charge in [-0.2, -0.15) is 10.2 Å². The van der Waals surface area contributed by atoms with Crippen molar-refractivity contribution in [3.8, 4) is 0 Å². The summed E-state index contributed by atoms with van der Waals surface area (Å²) in [6.45, 7) is 5.00. The highest BCUT2D eigenvalue weighted by Gasteiger charge is 2.18. The van der Waals surface area contributed by atoms with Crippen LogP contribution < -0.4 is 0 Å². The predicted molar refractivity (Wildman–Crippen MR) is 53.5 cm³/mol. The molecule has 0 amide bonds. The highest BCUT2D eigenvalue weighted by atomic mass is 19.3. The first-order valence-corrected chi connectivity index (χ1v) is 4.48. The molecule has 0 aliphatic carbocycles. The van der Waals surface area contributed by atoms with Crippen molar-refractivity contribution in [1.29, 1.82) is 0 Å². The van der Waals surface area contributed by atoms with Crippen LogP contribution in [0.2, 0.25) is 0 Å². The lowest BCUT2D eigenvalue weighted by Crippen LogP contribution is -2.17. The summed E-state index contributed by atoms with van der Waals surface area (Å²) in [5, 5.41) is 6.77. The number of hydrogen-bond acceptors (Lipinski definition) is 4. The molecule has 0 aliphatic heterocycles. The molecular weight excluding hydrogens is 206 g/mol. The Kier molecular flexibility index (Phi) is 6.40. The maximum Gasteiger partial charge on any atom is 0.311 e. The Morgan fingerprint density at radius 3 is 2.33 bits per heavy atom. The third kappa shape index (κ3) is 6.70. The first-order chi connectivity index (χ1) is 6.97. The van der Waals surface area contributed by atoms with Crippen LogP contribution >= 0.6 is 0 Å². The van der Waals surface area contributed by atoms with E-state index >= 15 is 0 Å². The summed E-state index contributed by atoms with van der Waals surface area (Å²) in [6.07, 6.45) is -3.32. The summed E-state index contributed by atoms with van der Waals surface area (Å²) in [7, 11) is 0. The highest BCUT2D eigenvalue weighted by molar-refractivity contribution is 6.01. The van der Waals surface area contributed by atoms with Crippen LogP contribution in [0.1, 0.15) is 27.2 Å². The van der Waals surface area contributed by atoms with E-state index in [4.69, 9.17) is 0 Å². The van der Waals surface area contributed by atoms with Gasteiger partial charge >= 0.3 is 5.97 Å². The molecule has 0 rings (SSSR count). The molecule has 0 saturated heterocycles. The van der Waals surface area contributed by atoms with E-state index in [-0.39, 0.29) is 6.61 Å². The van der Waals surface area contributed by atoms with Gasteiger partial charge in [0.25, 0.3) is 6.43 Å². The fraction of sp³-hybridized carbons (Fsp3) is 0.667. The van der Waals surface area contributed by atoms with Crippen molar-refractivity contribution in [2.24, 2.45) is 10.2 Å². The van der Waals surface area contributed by atoms with E-state index in [0.717, 1.165) is 0 Å². The molecule has 0 bridgehead atoms. The van der Waals surface area contributed by atoms with Crippen molar-refractivity contribution in [2.45, 2.75) is 33.6 Å². The Hall–Kier alpha value is -1.33. The average Bonchev–Trinajstić information content (AvgIpc) is 2.11. The second kappa shape index (κ2) is 7.03. The zero-order valence-corrected chi connectivity index (χ0v) is 8.96. The van der Waals surface area contributed by atoms with Crippen molar-refractivity contribution >= 4 is 17.4 Å². The number of halogens is 2. The van der Waals surface area contributed by atoms with E-state index in [1.807, 2.05) is 0 Å². The van der Waals surface area contributed by atoms with E-state index in [1.54, 1.807) is 20.8 Å². The fourth-order valence-corrected chi connectivity index (χ4v) is 0.680. The molecule has 0 atom stereocenters. The van der Waals surface area contributed by atoms with E-state index in [0.29, 0.717) is 5.71 Å². The Bertz CT molecular complexity index is 271. The summed E-state index contributed by atoms with van der Waals surface area (Å²) in [5.74, 6) is -0.722. The Balaban J connectivity index is 4.48. The van der Waals surface area contributed by atoms with Gasteiger partial charge in [0, 0.05) is 5.71 Å². The number of nitrogens with zero attached hydrogens (tertiary/aromatic N) is 2. The highest BCUT2D eigenvalue weighted by Crippen LogP contribution is 2.03. The number of ether oxygens (including phenoxy) is 1. The van der Waals surface area contributed by atoms with E-state index < -0.39 is 24.5 Å². The van der Waals surface area contributed by atoms with Crippen molar-refractivity contribution in [1.82, 2.24) is 0 Å². The molecule has 0 aromatic heterocycles. The Morgan fingerprint density at radius 1 is 1.33 bits per heavy atom. The molecule has 4 nitrogen and oxygen atoms in total. The average molecular weight is 220 g/mol. The molecule has 0 unspecified atom stereocenters.